The quantitative estimate of drug-likeness (QED) is 0.835. The Balaban J connectivity index is 1.66. The summed E-state index contributed by atoms with van der Waals surface area (Å²) in [5.74, 6) is 0. The minimum atomic E-state index is 0.482. The smallest absolute Gasteiger partial charge is 0.0472 e. The maximum absolute atomic E-state index is 3.70. The van der Waals surface area contributed by atoms with Gasteiger partial charge in [0.05, 0.1) is 0 Å². The van der Waals surface area contributed by atoms with Crippen molar-refractivity contribution in [3.63, 3.8) is 0 Å². The molecule has 24 heavy (non-hydrogen) atoms. The Kier molecular flexibility index (Phi) is 6.06. The maximum Gasteiger partial charge on any atom is 0.0472 e. The third kappa shape index (κ3) is 4.68. The Labute approximate surface area is 146 Å². The molecule has 0 amide bonds. The van der Waals surface area contributed by atoms with Gasteiger partial charge in [-0.25, -0.2) is 0 Å². The Bertz CT molecular complexity index is 627. The highest BCUT2D eigenvalue weighted by Crippen LogP contribution is 2.24. The van der Waals surface area contributed by atoms with Crippen LogP contribution in [0.1, 0.15) is 47.6 Å². The van der Waals surface area contributed by atoms with Gasteiger partial charge in [-0.15, -0.1) is 0 Å². The molecule has 2 nitrogen and oxygen atoms in total. The fourth-order valence-electron chi connectivity index (χ4n) is 3.65. The highest BCUT2D eigenvalue weighted by molar-refractivity contribution is 5.25. The number of hydrogen-bond donors (Lipinski definition) is 1. The highest BCUT2D eigenvalue weighted by Gasteiger charge is 2.21. The molecule has 1 aliphatic heterocycles. The molecule has 3 rings (SSSR count). The predicted octanol–water partition coefficient (Wildman–Crippen LogP) is 4.62. The van der Waals surface area contributed by atoms with Crippen LogP contribution in [0.25, 0.3) is 0 Å². The van der Waals surface area contributed by atoms with Gasteiger partial charge in [0.2, 0.25) is 0 Å². The van der Waals surface area contributed by atoms with Crippen LogP contribution in [0.3, 0.4) is 0 Å². The summed E-state index contributed by atoms with van der Waals surface area (Å²) in [5, 5.41) is 3.70. The van der Waals surface area contributed by atoms with Gasteiger partial charge in [0.15, 0.2) is 0 Å². The second kappa shape index (κ2) is 8.46. The van der Waals surface area contributed by atoms with Crippen LogP contribution in [-0.2, 0) is 6.54 Å². The van der Waals surface area contributed by atoms with Crippen LogP contribution < -0.4 is 5.32 Å². The zero-order chi connectivity index (χ0) is 16.8. The van der Waals surface area contributed by atoms with Gasteiger partial charge in [0.25, 0.3) is 0 Å². The molecule has 0 aliphatic carbocycles. The molecule has 0 aromatic heterocycles. The first-order valence-corrected chi connectivity index (χ1v) is 9.29. The third-order valence-corrected chi connectivity index (χ3v) is 5.04. The van der Waals surface area contributed by atoms with Gasteiger partial charge in [0, 0.05) is 19.1 Å². The van der Waals surface area contributed by atoms with E-state index in [0.29, 0.717) is 6.04 Å². The van der Waals surface area contributed by atoms with E-state index in [4.69, 9.17) is 0 Å². The number of likely N-dealkylation sites (tertiary alicyclic amines) is 1. The Hall–Kier alpha value is -1.64. The van der Waals surface area contributed by atoms with Crippen molar-refractivity contribution >= 4 is 0 Å². The third-order valence-electron chi connectivity index (χ3n) is 5.04. The zero-order valence-electron chi connectivity index (χ0n) is 15.1. The van der Waals surface area contributed by atoms with Crippen molar-refractivity contribution in [2.45, 2.75) is 45.7 Å². The first kappa shape index (κ1) is 17.2. The van der Waals surface area contributed by atoms with Crippen molar-refractivity contribution in [3.05, 3.63) is 70.8 Å². The molecule has 1 atom stereocenters. The summed E-state index contributed by atoms with van der Waals surface area (Å²) in [5.41, 5.74) is 5.49. The van der Waals surface area contributed by atoms with Crippen LogP contribution in [0.4, 0.5) is 0 Å². The van der Waals surface area contributed by atoms with Crippen molar-refractivity contribution in [1.82, 2.24) is 10.2 Å². The molecular weight excluding hydrogens is 292 g/mol. The van der Waals surface area contributed by atoms with Crippen molar-refractivity contribution in [2.24, 2.45) is 0 Å². The summed E-state index contributed by atoms with van der Waals surface area (Å²) in [6, 6.07) is 18.4. The minimum absolute atomic E-state index is 0.482. The summed E-state index contributed by atoms with van der Waals surface area (Å²) >= 11 is 0. The Morgan fingerprint density at radius 2 is 1.67 bits per heavy atom. The molecule has 2 aromatic rings. The lowest BCUT2D eigenvalue weighted by atomic mass is 10.0. The first-order valence-electron chi connectivity index (χ1n) is 9.29. The second-order valence-corrected chi connectivity index (χ2v) is 7.14. The van der Waals surface area contributed by atoms with Crippen molar-refractivity contribution in [2.75, 3.05) is 19.6 Å². The normalized spacial score (nSPS) is 16.9. The van der Waals surface area contributed by atoms with Crippen molar-refractivity contribution in [1.29, 1.82) is 0 Å². The summed E-state index contributed by atoms with van der Waals surface area (Å²) in [6.45, 7) is 8.73. The molecule has 1 fully saturated rings. The van der Waals surface area contributed by atoms with Crippen LogP contribution in [0.15, 0.2) is 48.5 Å². The molecule has 128 valence electrons. The van der Waals surface area contributed by atoms with Crippen LogP contribution in [-0.4, -0.2) is 24.5 Å². The minimum Gasteiger partial charge on any atom is -0.311 e. The van der Waals surface area contributed by atoms with Crippen molar-refractivity contribution < 1.29 is 0 Å². The van der Waals surface area contributed by atoms with E-state index in [1.807, 2.05) is 0 Å². The number of hydrogen-bond acceptors (Lipinski definition) is 2. The van der Waals surface area contributed by atoms with Gasteiger partial charge in [0.1, 0.15) is 0 Å². The van der Waals surface area contributed by atoms with E-state index in [2.05, 4.69) is 72.6 Å². The monoisotopic (exact) mass is 322 g/mol. The Morgan fingerprint density at radius 1 is 0.917 bits per heavy atom. The van der Waals surface area contributed by atoms with E-state index in [0.717, 1.165) is 13.1 Å². The standard InChI is InChI=1S/C22H30N2/c1-18-9-11-21(12-10-18)22(24-13-4-3-5-14-24)17-23-16-20-8-6-7-19(2)15-20/h6-12,15,22-23H,3-5,13-14,16-17H2,1-2H3. The number of nitrogens with one attached hydrogen (secondary N) is 1. The summed E-state index contributed by atoms with van der Waals surface area (Å²) in [4.78, 5) is 2.66. The van der Waals surface area contributed by atoms with Crippen LogP contribution >= 0.6 is 0 Å². The van der Waals surface area contributed by atoms with E-state index >= 15 is 0 Å². The molecule has 1 unspecified atom stereocenters. The van der Waals surface area contributed by atoms with E-state index < -0.39 is 0 Å². The van der Waals surface area contributed by atoms with E-state index in [1.165, 1.54) is 54.6 Å². The lowest BCUT2D eigenvalue weighted by molar-refractivity contribution is 0.160. The average Bonchev–Trinajstić information content (AvgIpc) is 2.61. The predicted molar refractivity (Wildman–Crippen MR) is 102 cm³/mol. The Morgan fingerprint density at radius 3 is 2.38 bits per heavy atom. The molecular formula is C22H30N2. The molecule has 1 aliphatic rings. The van der Waals surface area contributed by atoms with Crippen LogP contribution in [0.5, 0.6) is 0 Å². The molecule has 2 aromatic carbocycles. The molecule has 2 heteroatoms. The SMILES string of the molecule is Cc1ccc(C(CNCc2cccc(C)c2)N2CCCCC2)cc1. The lowest BCUT2D eigenvalue weighted by Crippen LogP contribution is -2.39. The zero-order valence-corrected chi connectivity index (χ0v) is 15.1. The molecule has 0 saturated carbocycles. The summed E-state index contributed by atoms with van der Waals surface area (Å²) in [6.07, 6.45) is 4.05. The number of piperidine rings is 1. The van der Waals surface area contributed by atoms with E-state index in [-0.39, 0.29) is 0 Å². The lowest BCUT2D eigenvalue weighted by Gasteiger charge is -2.35. The van der Waals surface area contributed by atoms with Gasteiger partial charge >= 0.3 is 0 Å². The fraction of sp³-hybridized carbons (Fsp3) is 0.455. The van der Waals surface area contributed by atoms with Gasteiger partial charge in [-0.05, 0) is 50.9 Å². The molecule has 0 spiro atoms. The molecule has 0 bridgehead atoms. The summed E-state index contributed by atoms with van der Waals surface area (Å²) in [7, 11) is 0. The van der Waals surface area contributed by atoms with Gasteiger partial charge < -0.3 is 5.32 Å². The average molecular weight is 322 g/mol. The number of nitrogens with zero attached hydrogens (tertiary/aromatic N) is 1. The second-order valence-electron chi connectivity index (χ2n) is 7.14. The fourth-order valence-corrected chi connectivity index (χ4v) is 3.65. The largest absolute Gasteiger partial charge is 0.311 e. The summed E-state index contributed by atoms with van der Waals surface area (Å²) < 4.78 is 0. The molecule has 1 heterocycles. The maximum atomic E-state index is 3.70. The topological polar surface area (TPSA) is 15.3 Å². The van der Waals surface area contributed by atoms with E-state index in [9.17, 15) is 0 Å². The highest BCUT2D eigenvalue weighted by atomic mass is 15.2. The number of aryl methyl sites for hydroxylation is 2. The van der Waals surface area contributed by atoms with Crippen LogP contribution in [0, 0.1) is 13.8 Å². The van der Waals surface area contributed by atoms with Gasteiger partial charge in [-0.3, -0.25) is 4.90 Å². The molecule has 1 N–H and O–H groups in total. The van der Waals surface area contributed by atoms with Crippen molar-refractivity contribution in [3.8, 4) is 0 Å². The van der Waals surface area contributed by atoms with Crippen LogP contribution in [0.2, 0.25) is 0 Å². The molecule has 0 radical (unpaired) electrons. The number of benzene rings is 2. The van der Waals surface area contributed by atoms with E-state index in [1.54, 1.807) is 0 Å². The molecule has 1 saturated heterocycles. The first-order chi connectivity index (χ1) is 11.7. The van der Waals surface area contributed by atoms with Gasteiger partial charge in [-0.1, -0.05) is 66.1 Å². The van der Waals surface area contributed by atoms with Gasteiger partial charge in [-0.2, -0.15) is 0 Å². The number of rotatable bonds is 6.